The molecule has 0 bridgehead atoms. The van der Waals surface area contributed by atoms with Crippen LogP contribution in [0.2, 0.25) is 0 Å². The van der Waals surface area contributed by atoms with Crippen molar-refractivity contribution in [3.05, 3.63) is 18.1 Å². The number of thiocarbonyl (C=S) groups is 1. The Hall–Kier alpha value is -1.63. The van der Waals surface area contributed by atoms with Crippen LogP contribution in [0.1, 0.15) is 5.56 Å². The zero-order valence-corrected chi connectivity index (χ0v) is 6.17. The summed E-state index contributed by atoms with van der Waals surface area (Å²) >= 11 is 4.36. The number of hydrogen-bond donors (Lipinski definition) is 0. The number of nitrogens with zero attached hydrogens (tertiary/aromatic N) is 4. The predicted octanol–water partition coefficient (Wildman–Crippen LogP) is 1.08. The number of rotatable bonds is 1. The lowest BCUT2D eigenvalue weighted by atomic mass is 10.3. The van der Waals surface area contributed by atoms with Crippen molar-refractivity contribution in [3.63, 3.8) is 0 Å². The van der Waals surface area contributed by atoms with Gasteiger partial charge in [0.25, 0.3) is 0 Å². The molecule has 11 heavy (non-hydrogen) atoms. The fraction of sp³-hybridized carbons (Fsp3) is 0. The second kappa shape index (κ2) is 3.52. The number of aliphatic imine (C=N–C) groups is 1. The van der Waals surface area contributed by atoms with Crippen molar-refractivity contribution in [2.75, 3.05) is 0 Å². The molecular formula is C6H2N4S. The van der Waals surface area contributed by atoms with Gasteiger partial charge in [0.1, 0.15) is 18.0 Å². The van der Waals surface area contributed by atoms with Crippen molar-refractivity contribution in [1.29, 1.82) is 5.26 Å². The minimum Gasteiger partial charge on any atom is -0.243 e. The van der Waals surface area contributed by atoms with Crippen molar-refractivity contribution in [3.8, 4) is 6.07 Å². The first-order valence-electron chi connectivity index (χ1n) is 2.66. The highest BCUT2D eigenvalue weighted by atomic mass is 32.1. The van der Waals surface area contributed by atoms with Crippen molar-refractivity contribution in [2.24, 2.45) is 4.99 Å². The fourth-order valence-corrected chi connectivity index (χ4v) is 0.621. The first kappa shape index (κ1) is 7.48. The van der Waals surface area contributed by atoms with E-state index in [0.29, 0.717) is 5.56 Å². The summed E-state index contributed by atoms with van der Waals surface area (Å²) in [6, 6.07) is 1.88. The Bertz CT molecular complexity index is 348. The minimum atomic E-state index is 0.262. The zero-order valence-electron chi connectivity index (χ0n) is 5.35. The van der Waals surface area contributed by atoms with E-state index >= 15 is 0 Å². The van der Waals surface area contributed by atoms with Gasteiger partial charge in [0.05, 0.1) is 11.4 Å². The lowest BCUT2D eigenvalue weighted by Gasteiger charge is -1.89. The van der Waals surface area contributed by atoms with Gasteiger partial charge in [-0.2, -0.15) is 10.3 Å². The normalized spacial score (nSPS) is 7.91. The summed E-state index contributed by atoms with van der Waals surface area (Å²) in [6.45, 7) is 0. The van der Waals surface area contributed by atoms with Crippen LogP contribution in [0, 0.1) is 11.3 Å². The van der Waals surface area contributed by atoms with E-state index in [1.807, 2.05) is 6.07 Å². The second-order valence-electron chi connectivity index (χ2n) is 1.57. The van der Waals surface area contributed by atoms with E-state index in [0.717, 1.165) is 0 Å². The summed E-state index contributed by atoms with van der Waals surface area (Å²) in [5, 5.41) is 10.6. The van der Waals surface area contributed by atoms with Gasteiger partial charge in [-0.15, -0.1) is 0 Å². The van der Waals surface area contributed by atoms with E-state index in [-0.39, 0.29) is 5.82 Å². The maximum atomic E-state index is 8.49. The van der Waals surface area contributed by atoms with Crippen LogP contribution in [-0.4, -0.2) is 15.1 Å². The molecule has 0 aliphatic carbocycles. The Morgan fingerprint density at radius 1 is 1.64 bits per heavy atom. The molecule has 52 valence electrons. The molecule has 5 heteroatoms. The molecule has 0 atom stereocenters. The standard InChI is InChI=1S/C6H2N4S/c7-1-5-2-8-3-9-6(5)10-4-11/h2-3H. The van der Waals surface area contributed by atoms with Crippen LogP contribution in [0.5, 0.6) is 0 Å². The molecule has 0 aliphatic heterocycles. The van der Waals surface area contributed by atoms with Gasteiger partial charge in [0.15, 0.2) is 5.82 Å². The largest absolute Gasteiger partial charge is 0.243 e. The first-order chi connectivity index (χ1) is 5.38. The van der Waals surface area contributed by atoms with E-state index in [1.165, 1.54) is 12.5 Å². The van der Waals surface area contributed by atoms with E-state index in [1.54, 1.807) is 0 Å². The van der Waals surface area contributed by atoms with Gasteiger partial charge in [0.2, 0.25) is 0 Å². The lowest BCUT2D eigenvalue weighted by molar-refractivity contribution is 1.14. The van der Waals surface area contributed by atoms with Crippen LogP contribution in [0.25, 0.3) is 0 Å². The van der Waals surface area contributed by atoms with Gasteiger partial charge in [-0.25, -0.2) is 9.97 Å². The highest BCUT2D eigenvalue weighted by molar-refractivity contribution is 7.78. The van der Waals surface area contributed by atoms with Crippen molar-refractivity contribution < 1.29 is 0 Å². The molecule has 0 aromatic carbocycles. The molecule has 0 fully saturated rings. The molecule has 0 spiro atoms. The lowest BCUT2D eigenvalue weighted by Crippen LogP contribution is -1.82. The van der Waals surface area contributed by atoms with E-state index in [2.05, 4.69) is 32.3 Å². The SMILES string of the molecule is N#Cc1cncnc1N=C=S. The number of hydrogen-bond acceptors (Lipinski definition) is 5. The van der Waals surface area contributed by atoms with Gasteiger partial charge in [0, 0.05) is 0 Å². The number of nitriles is 1. The van der Waals surface area contributed by atoms with Crippen molar-refractivity contribution in [2.45, 2.75) is 0 Å². The van der Waals surface area contributed by atoms with Gasteiger partial charge < -0.3 is 0 Å². The van der Waals surface area contributed by atoms with Crippen LogP contribution in [-0.2, 0) is 0 Å². The second-order valence-corrected chi connectivity index (χ2v) is 1.76. The molecule has 1 rings (SSSR count). The molecule has 0 saturated carbocycles. The summed E-state index contributed by atoms with van der Waals surface area (Å²) < 4.78 is 0. The average Bonchev–Trinajstić information content (AvgIpc) is 2.06. The Morgan fingerprint density at radius 2 is 2.45 bits per heavy atom. The predicted molar refractivity (Wildman–Crippen MR) is 41.4 cm³/mol. The maximum absolute atomic E-state index is 8.49. The van der Waals surface area contributed by atoms with E-state index < -0.39 is 0 Å². The molecular weight excluding hydrogens is 160 g/mol. The van der Waals surface area contributed by atoms with Gasteiger partial charge in [-0.1, -0.05) is 0 Å². The molecule has 0 aliphatic rings. The maximum Gasteiger partial charge on any atom is 0.183 e. The molecule has 0 radical (unpaired) electrons. The van der Waals surface area contributed by atoms with Crippen LogP contribution in [0.3, 0.4) is 0 Å². The van der Waals surface area contributed by atoms with Gasteiger partial charge >= 0.3 is 0 Å². The smallest absolute Gasteiger partial charge is 0.183 e. The molecule has 0 unspecified atom stereocenters. The quantitative estimate of drug-likeness (QED) is 0.458. The Kier molecular flexibility index (Phi) is 2.39. The van der Waals surface area contributed by atoms with Crippen LogP contribution in [0.4, 0.5) is 5.82 Å². The van der Waals surface area contributed by atoms with Crippen molar-refractivity contribution in [1.82, 2.24) is 9.97 Å². The molecule has 1 heterocycles. The summed E-state index contributed by atoms with van der Waals surface area (Å²) in [4.78, 5) is 10.9. The summed E-state index contributed by atoms with van der Waals surface area (Å²) in [5.41, 5.74) is 0.296. The topological polar surface area (TPSA) is 61.9 Å². The van der Waals surface area contributed by atoms with Crippen LogP contribution >= 0.6 is 12.2 Å². The first-order valence-corrected chi connectivity index (χ1v) is 3.07. The molecule has 0 amide bonds. The number of isothiocyanates is 1. The number of aromatic nitrogens is 2. The minimum absolute atomic E-state index is 0.262. The third-order valence-corrected chi connectivity index (χ3v) is 1.05. The van der Waals surface area contributed by atoms with Crippen LogP contribution < -0.4 is 0 Å². The zero-order chi connectivity index (χ0) is 8.10. The molecule has 1 aromatic heterocycles. The van der Waals surface area contributed by atoms with E-state index in [9.17, 15) is 0 Å². The van der Waals surface area contributed by atoms with Gasteiger partial charge in [-0.3, -0.25) is 0 Å². The summed E-state index contributed by atoms with van der Waals surface area (Å²) in [5.74, 6) is 0.262. The summed E-state index contributed by atoms with van der Waals surface area (Å²) in [6.07, 6.45) is 2.67. The van der Waals surface area contributed by atoms with Gasteiger partial charge in [-0.05, 0) is 12.2 Å². The van der Waals surface area contributed by atoms with Crippen LogP contribution in [0.15, 0.2) is 17.5 Å². The highest BCUT2D eigenvalue weighted by Gasteiger charge is 1.98. The van der Waals surface area contributed by atoms with Crippen molar-refractivity contribution >= 4 is 23.2 Å². The third kappa shape index (κ3) is 1.64. The average molecular weight is 162 g/mol. The molecule has 0 N–H and O–H groups in total. The Balaban J connectivity index is 3.25. The Morgan fingerprint density at radius 3 is 3.09 bits per heavy atom. The summed E-state index contributed by atoms with van der Waals surface area (Å²) in [7, 11) is 0. The molecule has 1 aromatic rings. The molecule has 0 saturated heterocycles. The third-order valence-electron chi connectivity index (χ3n) is 0.963. The Labute approximate surface area is 68.2 Å². The monoisotopic (exact) mass is 162 g/mol. The molecule has 4 nitrogen and oxygen atoms in total. The highest BCUT2D eigenvalue weighted by Crippen LogP contribution is 2.10. The fourth-order valence-electron chi connectivity index (χ4n) is 0.534. The van der Waals surface area contributed by atoms with E-state index in [4.69, 9.17) is 5.26 Å².